The van der Waals surface area contributed by atoms with E-state index in [0.29, 0.717) is 12.3 Å². The molecule has 0 aliphatic heterocycles. The molecule has 0 fully saturated rings. The number of hydrogen-bond acceptors (Lipinski definition) is 4. The number of carbonyl (C=O) groups excluding carboxylic acids is 2. The predicted octanol–water partition coefficient (Wildman–Crippen LogP) is 3.70. The molecular weight excluding hydrogens is 373 g/mol. The molecule has 0 aliphatic carbocycles. The second kappa shape index (κ2) is 9.73. The first kappa shape index (κ1) is 20.5. The van der Waals surface area contributed by atoms with E-state index < -0.39 is 18.4 Å². The lowest BCUT2D eigenvalue weighted by Crippen LogP contribution is -2.30. The van der Waals surface area contributed by atoms with Crippen molar-refractivity contribution in [1.29, 1.82) is 0 Å². The first-order valence-electron chi connectivity index (χ1n) is 8.07. The van der Waals surface area contributed by atoms with Crippen LogP contribution in [0.5, 0.6) is 5.75 Å². The van der Waals surface area contributed by atoms with Crippen LogP contribution in [0.25, 0.3) is 6.08 Å². The summed E-state index contributed by atoms with van der Waals surface area (Å²) in [5, 5.41) is 0.173. The van der Waals surface area contributed by atoms with E-state index in [1.807, 2.05) is 18.2 Å². The second-order valence-corrected chi connectivity index (χ2v) is 6.05. The molecule has 0 atom stereocenters. The molecule has 142 valence electrons. The van der Waals surface area contributed by atoms with Gasteiger partial charge in [0.05, 0.1) is 12.1 Å². The lowest BCUT2D eigenvalue weighted by molar-refractivity contribution is -0.147. The van der Waals surface area contributed by atoms with Crippen molar-refractivity contribution in [3.05, 3.63) is 70.5 Å². The lowest BCUT2D eigenvalue weighted by Gasteiger charge is -2.18. The van der Waals surface area contributed by atoms with Gasteiger partial charge in [0.15, 0.2) is 6.61 Å². The van der Waals surface area contributed by atoms with E-state index in [-0.39, 0.29) is 16.5 Å². The van der Waals surface area contributed by atoms with Gasteiger partial charge < -0.3 is 14.4 Å². The van der Waals surface area contributed by atoms with Crippen molar-refractivity contribution >= 4 is 29.6 Å². The summed E-state index contributed by atoms with van der Waals surface area (Å²) >= 11 is 5.87. The van der Waals surface area contributed by atoms with E-state index in [4.69, 9.17) is 21.1 Å². The van der Waals surface area contributed by atoms with Crippen molar-refractivity contribution in [2.45, 2.75) is 6.54 Å². The van der Waals surface area contributed by atoms with Gasteiger partial charge in [-0.15, -0.1) is 0 Å². The molecule has 0 saturated carbocycles. The Bertz CT molecular complexity index is 833. The predicted molar refractivity (Wildman–Crippen MR) is 101 cm³/mol. The number of likely N-dealkylation sites (N-methyl/N-ethyl adjacent to an activating group) is 1. The molecule has 5 nitrogen and oxygen atoms in total. The Kier molecular flexibility index (Phi) is 7.37. The maximum absolute atomic E-state index is 13.6. The number of carbonyl (C=O) groups is 2. The van der Waals surface area contributed by atoms with Crippen molar-refractivity contribution in [3.8, 4) is 5.75 Å². The zero-order valence-corrected chi connectivity index (χ0v) is 15.7. The maximum Gasteiger partial charge on any atom is 0.331 e. The van der Waals surface area contributed by atoms with Gasteiger partial charge in [0.25, 0.3) is 5.91 Å². The normalized spacial score (nSPS) is 10.7. The number of rotatable bonds is 7. The van der Waals surface area contributed by atoms with Crippen molar-refractivity contribution in [1.82, 2.24) is 4.90 Å². The van der Waals surface area contributed by atoms with E-state index in [2.05, 4.69) is 0 Å². The molecule has 27 heavy (non-hydrogen) atoms. The number of benzene rings is 2. The standard InChI is InChI=1S/C20H19ClFNO4/c1-23(12-14-6-3-4-9-18(14)26-2)19(24)13-27-20(25)11-10-15-16(21)7-5-8-17(15)22/h3-11H,12-13H2,1-2H3/b11-10+. The summed E-state index contributed by atoms with van der Waals surface area (Å²) in [6.07, 6.45) is 2.24. The van der Waals surface area contributed by atoms with Gasteiger partial charge in [-0.3, -0.25) is 4.79 Å². The quantitative estimate of drug-likeness (QED) is 0.533. The largest absolute Gasteiger partial charge is 0.496 e. The zero-order chi connectivity index (χ0) is 19.8. The Balaban J connectivity index is 1.89. The Morgan fingerprint density at radius 2 is 1.93 bits per heavy atom. The van der Waals surface area contributed by atoms with Crippen LogP contribution in [0, 0.1) is 5.82 Å². The second-order valence-electron chi connectivity index (χ2n) is 5.64. The maximum atomic E-state index is 13.6. The molecule has 0 radical (unpaired) electrons. The molecule has 1 amide bonds. The van der Waals surface area contributed by atoms with Crippen LogP contribution in [0.3, 0.4) is 0 Å². The molecule has 0 N–H and O–H groups in total. The molecule has 2 aromatic rings. The lowest BCUT2D eigenvalue weighted by atomic mass is 10.2. The molecule has 0 spiro atoms. The number of para-hydroxylation sites is 1. The summed E-state index contributed by atoms with van der Waals surface area (Å²) in [6.45, 7) is -0.124. The Labute approximate surface area is 161 Å². The van der Waals surface area contributed by atoms with E-state index in [0.717, 1.165) is 11.6 Å². The molecular formula is C20H19ClFNO4. The average molecular weight is 392 g/mol. The zero-order valence-electron chi connectivity index (χ0n) is 14.9. The van der Waals surface area contributed by atoms with Crippen molar-refractivity contribution in [2.75, 3.05) is 20.8 Å². The summed E-state index contributed by atoms with van der Waals surface area (Å²) in [5.74, 6) is -1.04. The summed E-state index contributed by atoms with van der Waals surface area (Å²) in [7, 11) is 3.15. The van der Waals surface area contributed by atoms with Crippen LogP contribution < -0.4 is 4.74 Å². The molecule has 0 heterocycles. The Morgan fingerprint density at radius 3 is 2.63 bits per heavy atom. The highest BCUT2D eigenvalue weighted by Crippen LogP contribution is 2.20. The number of esters is 1. The molecule has 0 aromatic heterocycles. The fourth-order valence-electron chi connectivity index (χ4n) is 2.29. The SMILES string of the molecule is COc1ccccc1CN(C)C(=O)COC(=O)/C=C/c1c(F)cccc1Cl. The van der Waals surface area contributed by atoms with Gasteiger partial charge >= 0.3 is 5.97 Å². The van der Waals surface area contributed by atoms with Crippen molar-refractivity contribution in [2.24, 2.45) is 0 Å². The molecule has 0 bridgehead atoms. The molecule has 0 saturated heterocycles. The van der Waals surface area contributed by atoms with Crippen molar-refractivity contribution < 1.29 is 23.5 Å². The number of methoxy groups -OCH3 is 1. The average Bonchev–Trinajstić information content (AvgIpc) is 2.66. The number of halogens is 2. The third-order valence-corrected chi connectivity index (χ3v) is 4.08. The van der Waals surface area contributed by atoms with Gasteiger partial charge in [0.2, 0.25) is 0 Å². The third kappa shape index (κ3) is 5.82. The molecule has 0 unspecified atom stereocenters. The Hall–Kier alpha value is -2.86. The van der Waals surface area contributed by atoms with Crippen LogP contribution in [-0.2, 0) is 20.9 Å². The number of hydrogen-bond donors (Lipinski definition) is 0. The van der Waals surface area contributed by atoms with Crippen molar-refractivity contribution in [3.63, 3.8) is 0 Å². The van der Waals surface area contributed by atoms with Crippen LogP contribution >= 0.6 is 11.6 Å². The minimum atomic E-state index is -0.770. The summed E-state index contributed by atoms with van der Waals surface area (Å²) in [5.41, 5.74) is 0.909. The fraction of sp³-hybridized carbons (Fsp3) is 0.200. The van der Waals surface area contributed by atoms with Crippen LogP contribution in [0.4, 0.5) is 4.39 Å². The van der Waals surface area contributed by atoms with E-state index >= 15 is 0 Å². The highest BCUT2D eigenvalue weighted by molar-refractivity contribution is 6.32. The van der Waals surface area contributed by atoms with E-state index in [1.54, 1.807) is 20.2 Å². The third-order valence-electron chi connectivity index (χ3n) is 3.75. The van der Waals surface area contributed by atoms with Crippen LogP contribution in [0.2, 0.25) is 5.02 Å². The van der Waals surface area contributed by atoms with Crippen LogP contribution in [0.15, 0.2) is 48.5 Å². The summed E-state index contributed by atoms with van der Waals surface area (Å²) in [6, 6.07) is 11.5. The van der Waals surface area contributed by atoms with Gasteiger partial charge in [-0.2, -0.15) is 0 Å². The monoisotopic (exact) mass is 391 g/mol. The van der Waals surface area contributed by atoms with Gasteiger partial charge in [-0.25, -0.2) is 9.18 Å². The topological polar surface area (TPSA) is 55.8 Å². The highest BCUT2D eigenvalue weighted by Gasteiger charge is 2.13. The number of nitrogens with zero attached hydrogens (tertiary/aromatic N) is 1. The van der Waals surface area contributed by atoms with E-state index in [1.165, 1.54) is 29.2 Å². The van der Waals surface area contributed by atoms with Crippen LogP contribution in [0.1, 0.15) is 11.1 Å². The fourth-order valence-corrected chi connectivity index (χ4v) is 2.52. The molecule has 0 aliphatic rings. The van der Waals surface area contributed by atoms with Gasteiger partial charge in [0.1, 0.15) is 11.6 Å². The smallest absolute Gasteiger partial charge is 0.331 e. The first-order chi connectivity index (χ1) is 12.9. The number of ether oxygens (including phenoxy) is 2. The first-order valence-corrected chi connectivity index (χ1v) is 8.45. The van der Waals surface area contributed by atoms with E-state index in [9.17, 15) is 14.0 Å². The van der Waals surface area contributed by atoms with Crippen LogP contribution in [-0.4, -0.2) is 37.5 Å². The summed E-state index contributed by atoms with van der Waals surface area (Å²) < 4.78 is 23.8. The minimum absolute atomic E-state index is 0.0794. The minimum Gasteiger partial charge on any atom is -0.496 e. The number of amides is 1. The molecule has 7 heteroatoms. The highest BCUT2D eigenvalue weighted by atomic mass is 35.5. The van der Waals surface area contributed by atoms with Gasteiger partial charge in [-0.05, 0) is 24.3 Å². The molecule has 2 rings (SSSR count). The summed E-state index contributed by atoms with van der Waals surface area (Å²) in [4.78, 5) is 25.3. The Morgan fingerprint density at radius 1 is 1.19 bits per heavy atom. The van der Waals surface area contributed by atoms with Gasteiger partial charge in [0, 0.05) is 30.8 Å². The van der Waals surface area contributed by atoms with Gasteiger partial charge in [-0.1, -0.05) is 35.9 Å². The molecule has 2 aromatic carbocycles.